The number of aromatic nitrogens is 2. The molecule has 0 radical (unpaired) electrons. The molecular formula is C14H22N4O. The first-order valence-electron chi connectivity index (χ1n) is 7.29. The predicted octanol–water partition coefficient (Wildman–Crippen LogP) is 1.20. The van der Waals surface area contributed by atoms with E-state index in [2.05, 4.69) is 20.2 Å². The molecule has 2 fully saturated rings. The Morgan fingerprint density at radius 3 is 2.74 bits per heavy atom. The molecule has 1 aliphatic carbocycles. The van der Waals surface area contributed by atoms with Gasteiger partial charge in [-0.1, -0.05) is 0 Å². The van der Waals surface area contributed by atoms with E-state index in [0.29, 0.717) is 18.5 Å². The molecule has 1 aliphatic heterocycles. The zero-order valence-electron chi connectivity index (χ0n) is 11.3. The average Bonchev–Trinajstić information content (AvgIpc) is 3.13. The summed E-state index contributed by atoms with van der Waals surface area (Å²) in [6.07, 6.45) is 8.77. The highest BCUT2D eigenvalue weighted by Gasteiger charge is 2.20. The normalized spacial score (nSPS) is 19.8. The molecule has 0 spiro atoms. The van der Waals surface area contributed by atoms with Gasteiger partial charge in [-0.2, -0.15) is 0 Å². The first kappa shape index (κ1) is 12.8. The van der Waals surface area contributed by atoms with E-state index in [9.17, 15) is 0 Å². The Balaban J connectivity index is 1.37. The lowest BCUT2D eigenvalue weighted by molar-refractivity contribution is 0.231. The van der Waals surface area contributed by atoms with Crippen LogP contribution in [-0.2, 0) is 6.54 Å². The highest BCUT2D eigenvalue weighted by Crippen LogP contribution is 2.19. The zero-order chi connectivity index (χ0) is 12.9. The third kappa shape index (κ3) is 4.14. The standard InChI is InChI=1S/C14H22N4O/c1-2-6-18(5-1)7-8-19-14-11-16-13(10-17-14)9-15-12-3-4-12/h10-12,15H,1-9H2. The largest absolute Gasteiger partial charge is 0.475 e. The number of hydrogen-bond acceptors (Lipinski definition) is 5. The third-order valence-corrected chi connectivity index (χ3v) is 3.69. The van der Waals surface area contributed by atoms with Crippen LogP contribution >= 0.6 is 0 Å². The summed E-state index contributed by atoms with van der Waals surface area (Å²) in [6.45, 7) is 4.92. The Kier molecular flexibility index (Phi) is 4.25. The first-order chi connectivity index (χ1) is 9.40. The maximum atomic E-state index is 5.63. The minimum atomic E-state index is 0.634. The molecule has 0 aromatic carbocycles. The van der Waals surface area contributed by atoms with Gasteiger partial charge < -0.3 is 10.1 Å². The molecule has 1 aromatic rings. The van der Waals surface area contributed by atoms with Crippen molar-refractivity contribution in [3.63, 3.8) is 0 Å². The maximum Gasteiger partial charge on any atom is 0.232 e. The Morgan fingerprint density at radius 1 is 1.21 bits per heavy atom. The van der Waals surface area contributed by atoms with Crippen molar-refractivity contribution in [2.24, 2.45) is 0 Å². The lowest BCUT2D eigenvalue weighted by atomic mass is 10.4. The number of ether oxygens (including phenoxy) is 1. The molecule has 5 nitrogen and oxygen atoms in total. The summed E-state index contributed by atoms with van der Waals surface area (Å²) in [4.78, 5) is 11.1. The number of nitrogens with one attached hydrogen (secondary N) is 1. The van der Waals surface area contributed by atoms with Crippen LogP contribution in [0.5, 0.6) is 5.88 Å². The summed E-state index contributed by atoms with van der Waals surface area (Å²) in [7, 11) is 0. The van der Waals surface area contributed by atoms with Crippen LogP contribution in [0, 0.1) is 0 Å². The van der Waals surface area contributed by atoms with Crippen LogP contribution in [0.2, 0.25) is 0 Å². The quantitative estimate of drug-likeness (QED) is 0.800. The molecule has 0 atom stereocenters. The molecule has 0 unspecified atom stereocenters. The molecule has 0 amide bonds. The fourth-order valence-electron chi connectivity index (χ4n) is 2.33. The minimum Gasteiger partial charge on any atom is -0.475 e. The smallest absolute Gasteiger partial charge is 0.232 e. The van der Waals surface area contributed by atoms with Crippen LogP contribution in [0.4, 0.5) is 0 Å². The second kappa shape index (κ2) is 6.30. The van der Waals surface area contributed by atoms with Gasteiger partial charge in [0.2, 0.25) is 5.88 Å². The van der Waals surface area contributed by atoms with Crippen molar-refractivity contribution >= 4 is 0 Å². The van der Waals surface area contributed by atoms with Crippen molar-refractivity contribution in [2.75, 3.05) is 26.2 Å². The monoisotopic (exact) mass is 262 g/mol. The van der Waals surface area contributed by atoms with Gasteiger partial charge in [0.1, 0.15) is 6.61 Å². The van der Waals surface area contributed by atoms with Gasteiger partial charge >= 0.3 is 0 Å². The van der Waals surface area contributed by atoms with Gasteiger partial charge in [-0.3, -0.25) is 9.88 Å². The van der Waals surface area contributed by atoms with E-state index in [1.165, 1.54) is 38.8 Å². The van der Waals surface area contributed by atoms with Gasteiger partial charge in [0, 0.05) is 19.1 Å². The van der Waals surface area contributed by atoms with Gasteiger partial charge in [-0.05, 0) is 38.8 Å². The second-order valence-corrected chi connectivity index (χ2v) is 5.40. The van der Waals surface area contributed by atoms with Crippen molar-refractivity contribution in [3.8, 4) is 5.88 Å². The van der Waals surface area contributed by atoms with E-state index in [-0.39, 0.29) is 0 Å². The van der Waals surface area contributed by atoms with E-state index >= 15 is 0 Å². The molecule has 1 aromatic heterocycles. The SMILES string of the molecule is c1nc(OCCN2CCCC2)cnc1CNC1CC1. The highest BCUT2D eigenvalue weighted by molar-refractivity contribution is 5.07. The van der Waals surface area contributed by atoms with E-state index in [1.807, 2.05) is 0 Å². The summed E-state index contributed by atoms with van der Waals surface area (Å²) in [5, 5.41) is 3.42. The summed E-state index contributed by atoms with van der Waals surface area (Å²) < 4.78 is 5.63. The highest BCUT2D eigenvalue weighted by atomic mass is 16.5. The maximum absolute atomic E-state index is 5.63. The molecule has 104 valence electrons. The van der Waals surface area contributed by atoms with Gasteiger partial charge in [0.15, 0.2) is 0 Å². The van der Waals surface area contributed by atoms with E-state index < -0.39 is 0 Å². The molecule has 1 saturated heterocycles. The molecule has 5 heteroatoms. The Labute approximate surface area is 114 Å². The van der Waals surface area contributed by atoms with Gasteiger partial charge in [-0.25, -0.2) is 4.98 Å². The van der Waals surface area contributed by atoms with Crippen molar-refractivity contribution < 1.29 is 4.74 Å². The Morgan fingerprint density at radius 2 is 2.05 bits per heavy atom. The number of nitrogens with zero attached hydrogens (tertiary/aromatic N) is 3. The zero-order valence-corrected chi connectivity index (χ0v) is 11.3. The van der Waals surface area contributed by atoms with E-state index in [4.69, 9.17) is 4.74 Å². The molecule has 1 saturated carbocycles. The van der Waals surface area contributed by atoms with Crippen LogP contribution in [0.3, 0.4) is 0 Å². The molecule has 0 bridgehead atoms. The van der Waals surface area contributed by atoms with Crippen molar-refractivity contribution in [1.29, 1.82) is 0 Å². The lowest BCUT2D eigenvalue weighted by Gasteiger charge is -2.14. The average molecular weight is 262 g/mol. The minimum absolute atomic E-state index is 0.634. The van der Waals surface area contributed by atoms with Crippen LogP contribution in [-0.4, -0.2) is 47.2 Å². The Bertz CT molecular complexity index is 385. The first-order valence-corrected chi connectivity index (χ1v) is 7.29. The fourth-order valence-corrected chi connectivity index (χ4v) is 2.33. The van der Waals surface area contributed by atoms with Gasteiger partial charge in [0.25, 0.3) is 0 Å². The number of likely N-dealkylation sites (tertiary alicyclic amines) is 1. The van der Waals surface area contributed by atoms with Crippen LogP contribution < -0.4 is 10.1 Å². The number of rotatable bonds is 7. The predicted molar refractivity (Wildman–Crippen MR) is 73.1 cm³/mol. The van der Waals surface area contributed by atoms with E-state index in [1.54, 1.807) is 12.4 Å². The van der Waals surface area contributed by atoms with Crippen LogP contribution in [0.25, 0.3) is 0 Å². The molecule has 19 heavy (non-hydrogen) atoms. The molecule has 1 N–H and O–H groups in total. The summed E-state index contributed by atoms with van der Waals surface area (Å²) in [6, 6.07) is 0.707. The summed E-state index contributed by atoms with van der Waals surface area (Å²) >= 11 is 0. The Hall–Kier alpha value is -1.20. The number of hydrogen-bond donors (Lipinski definition) is 1. The third-order valence-electron chi connectivity index (χ3n) is 3.69. The molecule has 2 aliphatic rings. The van der Waals surface area contributed by atoms with Crippen molar-refractivity contribution in [2.45, 2.75) is 38.3 Å². The summed E-state index contributed by atoms with van der Waals surface area (Å²) in [5.41, 5.74) is 0.985. The fraction of sp³-hybridized carbons (Fsp3) is 0.714. The van der Waals surface area contributed by atoms with Crippen molar-refractivity contribution in [1.82, 2.24) is 20.2 Å². The second-order valence-electron chi connectivity index (χ2n) is 5.40. The summed E-state index contributed by atoms with van der Waals surface area (Å²) in [5.74, 6) is 0.634. The van der Waals surface area contributed by atoms with E-state index in [0.717, 1.165) is 18.8 Å². The van der Waals surface area contributed by atoms with Gasteiger partial charge in [0.05, 0.1) is 18.1 Å². The molecule has 3 rings (SSSR count). The van der Waals surface area contributed by atoms with Crippen LogP contribution in [0.15, 0.2) is 12.4 Å². The molecule has 2 heterocycles. The van der Waals surface area contributed by atoms with Crippen LogP contribution in [0.1, 0.15) is 31.4 Å². The topological polar surface area (TPSA) is 50.3 Å². The van der Waals surface area contributed by atoms with Crippen molar-refractivity contribution in [3.05, 3.63) is 18.1 Å². The van der Waals surface area contributed by atoms with Gasteiger partial charge in [-0.15, -0.1) is 0 Å². The molecular weight excluding hydrogens is 240 g/mol. The lowest BCUT2D eigenvalue weighted by Crippen LogP contribution is -2.25.